The summed E-state index contributed by atoms with van der Waals surface area (Å²) in [6, 6.07) is 3.53. The minimum atomic E-state index is 0.0900. The summed E-state index contributed by atoms with van der Waals surface area (Å²) in [6.07, 6.45) is 6.17. The van der Waals surface area contributed by atoms with Crippen molar-refractivity contribution in [1.82, 2.24) is 9.88 Å². The number of amides is 1. The minimum Gasteiger partial charge on any atom is -0.481 e. The quantitative estimate of drug-likeness (QED) is 0.777. The molecular formula is C16H20N2O2. The van der Waals surface area contributed by atoms with Crippen LogP contribution in [0.4, 0.5) is 0 Å². The fourth-order valence-electron chi connectivity index (χ4n) is 3.26. The number of ether oxygens (including phenoxy) is 1. The van der Waals surface area contributed by atoms with Gasteiger partial charge in [0.2, 0.25) is 5.88 Å². The van der Waals surface area contributed by atoms with Gasteiger partial charge in [0.15, 0.2) is 0 Å². The third kappa shape index (κ3) is 2.42. The van der Waals surface area contributed by atoms with Gasteiger partial charge in [-0.2, -0.15) is 0 Å². The van der Waals surface area contributed by atoms with E-state index in [9.17, 15) is 4.79 Å². The first kappa shape index (κ1) is 13.2. The first-order chi connectivity index (χ1) is 9.67. The number of fused-ring (bicyclic) bond motifs is 1. The minimum absolute atomic E-state index is 0.0900. The first-order valence-electron chi connectivity index (χ1n) is 7.12. The van der Waals surface area contributed by atoms with Gasteiger partial charge in [-0.3, -0.25) is 4.79 Å². The molecule has 20 heavy (non-hydrogen) atoms. The van der Waals surface area contributed by atoms with Crippen molar-refractivity contribution in [3.8, 4) is 5.88 Å². The molecule has 0 aromatic carbocycles. The average Bonchev–Trinajstić information content (AvgIpc) is 2.89. The number of allylic oxidation sites excluding steroid dienone is 2. The van der Waals surface area contributed by atoms with Crippen molar-refractivity contribution in [2.24, 2.45) is 11.8 Å². The Balaban J connectivity index is 1.69. The van der Waals surface area contributed by atoms with Crippen LogP contribution in [0.5, 0.6) is 5.88 Å². The van der Waals surface area contributed by atoms with Crippen LogP contribution in [0, 0.1) is 11.8 Å². The highest BCUT2D eigenvalue weighted by Crippen LogP contribution is 2.36. The van der Waals surface area contributed by atoms with Crippen molar-refractivity contribution in [1.29, 1.82) is 0 Å². The SMILES string of the molecule is COc1ccc(C(=O)N2CC3CC=C(C)CC3C2)cn1. The zero-order valence-corrected chi connectivity index (χ0v) is 12.0. The maximum absolute atomic E-state index is 12.5. The van der Waals surface area contributed by atoms with Gasteiger partial charge in [0.25, 0.3) is 5.91 Å². The van der Waals surface area contributed by atoms with Crippen molar-refractivity contribution in [2.75, 3.05) is 20.2 Å². The van der Waals surface area contributed by atoms with Crippen molar-refractivity contribution in [3.63, 3.8) is 0 Å². The molecule has 0 saturated carbocycles. The molecule has 2 atom stereocenters. The van der Waals surface area contributed by atoms with Crippen molar-refractivity contribution >= 4 is 5.91 Å². The Hall–Kier alpha value is -1.84. The molecule has 1 aliphatic carbocycles. The van der Waals surface area contributed by atoms with Gasteiger partial charge in [-0.25, -0.2) is 4.98 Å². The van der Waals surface area contributed by atoms with E-state index in [1.807, 2.05) is 4.90 Å². The number of aromatic nitrogens is 1. The van der Waals surface area contributed by atoms with Crippen LogP contribution in [-0.4, -0.2) is 36.0 Å². The van der Waals surface area contributed by atoms with Gasteiger partial charge in [-0.1, -0.05) is 11.6 Å². The number of carbonyl (C=O) groups excluding carboxylic acids is 1. The lowest BCUT2D eigenvalue weighted by molar-refractivity contribution is 0.0783. The third-order valence-electron chi connectivity index (χ3n) is 4.41. The van der Waals surface area contributed by atoms with Crippen LogP contribution in [0.2, 0.25) is 0 Å². The molecule has 106 valence electrons. The number of methoxy groups -OCH3 is 1. The van der Waals surface area contributed by atoms with E-state index in [1.54, 1.807) is 25.4 Å². The number of nitrogens with zero attached hydrogens (tertiary/aromatic N) is 2. The number of hydrogen-bond donors (Lipinski definition) is 0. The molecule has 0 spiro atoms. The van der Waals surface area contributed by atoms with E-state index in [1.165, 1.54) is 5.57 Å². The average molecular weight is 272 g/mol. The summed E-state index contributed by atoms with van der Waals surface area (Å²) in [5.41, 5.74) is 2.11. The second-order valence-corrected chi connectivity index (χ2v) is 5.81. The van der Waals surface area contributed by atoms with Crippen molar-refractivity contribution in [2.45, 2.75) is 19.8 Å². The number of hydrogen-bond acceptors (Lipinski definition) is 3. The molecule has 1 aromatic heterocycles. The Labute approximate surface area is 119 Å². The molecule has 1 saturated heterocycles. The smallest absolute Gasteiger partial charge is 0.255 e. The molecule has 1 amide bonds. The Morgan fingerprint density at radius 3 is 2.85 bits per heavy atom. The molecule has 4 nitrogen and oxygen atoms in total. The van der Waals surface area contributed by atoms with Crippen LogP contribution in [0.3, 0.4) is 0 Å². The zero-order valence-electron chi connectivity index (χ0n) is 12.0. The van der Waals surface area contributed by atoms with E-state index in [0.29, 0.717) is 23.3 Å². The highest BCUT2D eigenvalue weighted by atomic mass is 16.5. The molecule has 1 aromatic rings. The van der Waals surface area contributed by atoms with Crippen molar-refractivity contribution in [3.05, 3.63) is 35.5 Å². The lowest BCUT2D eigenvalue weighted by Gasteiger charge is -2.21. The summed E-state index contributed by atoms with van der Waals surface area (Å²) in [6.45, 7) is 3.94. The molecule has 1 aliphatic heterocycles. The van der Waals surface area contributed by atoms with Crippen molar-refractivity contribution < 1.29 is 9.53 Å². The van der Waals surface area contributed by atoms with Crippen LogP contribution in [-0.2, 0) is 0 Å². The Bertz CT molecular complexity index is 536. The number of pyridine rings is 1. The van der Waals surface area contributed by atoms with Gasteiger partial charge in [0.05, 0.1) is 12.7 Å². The lowest BCUT2D eigenvalue weighted by Crippen LogP contribution is -2.29. The monoisotopic (exact) mass is 272 g/mol. The van der Waals surface area contributed by atoms with E-state index < -0.39 is 0 Å². The Morgan fingerprint density at radius 2 is 2.15 bits per heavy atom. The Morgan fingerprint density at radius 1 is 1.35 bits per heavy atom. The van der Waals surface area contributed by atoms with E-state index in [0.717, 1.165) is 25.9 Å². The van der Waals surface area contributed by atoms with E-state index in [4.69, 9.17) is 4.74 Å². The van der Waals surface area contributed by atoms with Gasteiger partial charge in [-0.05, 0) is 37.7 Å². The number of carbonyl (C=O) groups is 1. The van der Waals surface area contributed by atoms with Gasteiger partial charge in [0, 0.05) is 25.4 Å². The van der Waals surface area contributed by atoms with Crippen LogP contribution < -0.4 is 4.74 Å². The first-order valence-corrected chi connectivity index (χ1v) is 7.12. The summed E-state index contributed by atoms with van der Waals surface area (Å²) in [5, 5.41) is 0. The molecule has 4 heteroatoms. The van der Waals surface area contributed by atoms with E-state index in [-0.39, 0.29) is 5.91 Å². The maximum atomic E-state index is 12.5. The largest absolute Gasteiger partial charge is 0.481 e. The highest BCUT2D eigenvalue weighted by Gasteiger charge is 2.36. The van der Waals surface area contributed by atoms with Crippen LogP contribution >= 0.6 is 0 Å². The summed E-state index contributed by atoms with van der Waals surface area (Å²) >= 11 is 0. The number of likely N-dealkylation sites (tertiary alicyclic amines) is 1. The summed E-state index contributed by atoms with van der Waals surface area (Å²) < 4.78 is 5.02. The molecule has 2 heterocycles. The van der Waals surface area contributed by atoms with Gasteiger partial charge >= 0.3 is 0 Å². The zero-order chi connectivity index (χ0) is 14.1. The predicted octanol–water partition coefficient (Wildman–Crippen LogP) is 2.52. The van der Waals surface area contributed by atoms with Crippen LogP contribution in [0.1, 0.15) is 30.1 Å². The molecule has 0 bridgehead atoms. The Kier molecular flexibility index (Phi) is 3.47. The molecular weight excluding hydrogens is 252 g/mol. The summed E-state index contributed by atoms with van der Waals surface area (Å²) in [4.78, 5) is 18.6. The van der Waals surface area contributed by atoms with E-state index >= 15 is 0 Å². The summed E-state index contributed by atoms with van der Waals surface area (Å²) in [7, 11) is 1.57. The maximum Gasteiger partial charge on any atom is 0.255 e. The fourth-order valence-corrected chi connectivity index (χ4v) is 3.26. The fraction of sp³-hybridized carbons (Fsp3) is 0.500. The lowest BCUT2D eigenvalue weighted by atomic mass is 9.83. The molecule has 2 aliphatic rings. The second kappa shape index (κ2) is 5.27. The number of rotatable bonds is 2. The molecule has 0 radical (unpaired) electrons. The molecule has 2 unspecified atom stereocenters. The second-order valence-electron chi connectivity index (χ2n) is 5.81. The normalized spacial score (nSPS) is 25.1. The topological polar surface area (TPSA) is 42.4 Å². The summed E-state index contributed by atoms with van der Waals surface area (Å²) in [5.74, 6) is 1.90. The van der Waals surface area contributed by atoms with Crippen LogP contribution in [0.25, 0.3) is 0 Å². The van der Waals surface area contributed by atoms with Gasteiger partial charge in [0.1, 0.15) is 0 Å². The van der Waals surface area contributed by atoms with E-state index in [2.05, 4.69) is 18.0 Å². The standard InChI is InChI=1S/C16H20N2O2/c1-11-3-4-13-9-18(10-14(13)7-11)16(19)12-5-6-15(20-2)17-8-12/h3,5-6,8,13-14H,4,7,9-10H2,1-2H3. The van der Waals surface area contributed by atoms with Gasteiger partial charge in [-0.15, -0.1) is 0 Å². The third-order valence-corrected chi connectivity index (χ3v) is 4.41. The van der Waals surface area contributed by atoms with Crippen LogP contribution in [0.15, 0.2) is 30.0 Å². The van der Waals surface area contributed by atoms with Gasteiger partial charge < -0.3 is 9.64 Å². The molecule has 0 N–H and O–H groups in total. The molecule has 1 fully saturated rings. The predicted molar refractivity (Wildman–Crippen MR) is 76.7 cm³/mol. The molecule has 3 rings (SSSR count). The highest BCUT2D eigenvalue weighted by molar-refractivity contribution is 5.94.